The molecule has 1 aromatic heterocycles. The van der Waals surface area contributed by atoms with Crippen molar-refractivity contribution in [2.24, 2.45) is 0 Å². The number of halogens is 1. The molecule has 18 heavy (non-hydrogen) atoms. The number of para-hydroxylation sites is 1. The Morgan fingerprint density at radius 2 is 2.28 bits per heavy atom. The van der Waals surface area contributed by atoms with Crippen LogP contribution in [0.4, 0.5) is 10.1 Å². The zero-order chi connectivity index (χ0) is 13.0. The minimum Gasteiger partial charge on any atom is -0.396 e. The molecule has 0 unspecified atom stereocenters. The first-order valence-corrected chi connectivity index (χ1v) is 6.69. The highest BCUT2D eigenvalue weighted by atomic mass is 32.1. The highest BCUT2D eigenvalue weighted by Gasteiger charge is 2.04. The Kier molecular flexibility index (Phi) is 4.28. The van der Waals surface area contributed by atoms with Crippen molar-refractivity contribution in [3.8, 4) is 0 Å². The van der Waals surface area contributed by atoms with Crippen LogP contribution < -0.4 is 11.1 Å². The van der Waals surface area contributed by atoms with E-state index in [1.54, 1.807) is 17.4 Å². The molecule has 2 rings (SSSR count). The van der Waals surface area contributed by atoms with E-state index in [-0.39, 0.29) is 11.5 Å². The van der Waals surface area contributed by atoms with Gasteiger partial charge in [-0.05, 0) is 18.6 Å². The van der Waals surface area contributed by atoms with Gasteiger partial charge in [0.25, 0.3) is 0 Å². The molecule has 0 saturated heterocycles. The summed E-state index contributed by atoms with van der Waals surface area (Å²) in [6, 6.07) is 4.88. The van der Waals surface area contributed by atoms with Gasteiger partial charge >= 0.3 is 0 Å². The molecule has 0 radical (unpaired) electrons. The number of hydrogen-bond donors (Lipinski definition) is 2. The molecule has 3 nitrogen and oxygen atoms in total. The van der Waals surface area contributed by atoms with Crippen molar-refractivity contribution in [1.82, 2.24) is 10.3 Å². The standard InChI is InChI=1S/C13H16FN3S/c1-9-8-18-12(17-9)5-6-16-7-10-3-2-4-11(14)13(10)15/h2-4,8,16H,5-7,15H2,1H3. The first kappa shape index (κ1) is 13.0. The van der Waals surface area contributed by atoms with Crippen LogP contribution in [0.5, 0.6) is 0 Å². The molecule has 0 saturated carbocycles. The summed E-state index contributed by atoms with van der Waals surface area (Å²) in [4.78, 5) is 4.38. The highest BCUT2D eigenvalue weighted by molar-refractivity contribution is 7.09. The largest absolute Gasteiger partial charge is 0.396 e. The minimum atomic E-state index is -0.357. The molecule has 0 aliphatic carbocycles. The van der Waals surface area contributed by atoms with Gasteiger partial charge in [0.15, 0.2) is 0 Å². The van der Waals surface area contributed by atoms with E-state index >= 15 is 0 Å². The second-order valence-electron chi connectivity index (χ2n) is 4.12. The number of aryl methyl sites for hydroxylation is 1. The number of nitrogen functional groups attached to an aromatic ring is 1. The molecule has 1 aromatic carbocycles. The van der Waals surface area contributed by atoms with Crippen LogP contribution in [0, 0.1) is 12.7 Å². The Hall–Kier alpha value is -1.46. The maximum Gasteiger partial charge on any atom is 0.146 e. The summed E-state index contributed by atoms with van der Waals surface area (Å²) < 4.78 is 13.2. The summed E-state index contributed by atoms with van der Waals surface area (Å²) in [5, 5.41) is 6.41. The number of thiazole rings is 1. The maximum absolute atomic E-state index is 13.2. The number of aromatic nitrogens is 1. The Labute approximate surface area is 110 Å². The molecule has 1 heterocycles. The fourth-order valence-electron chi connectivity index (χ4n) is 1.67. The van der Waals surface area contributed by atoms with Gasteiger partial charge in [0.1, 0.15) is 5.82 Å². The molecule has 3 N–H and O–H groups in total. The third-order valence-electron chi connectivity index (χ3n) is 2.64. The summed E-state index contributed by atoms with van der Waals surface area (Å²) in [5.74, 6) is -0.357. The van der Waals surface area contributed by atoms with Crippen LogP contribution in [-0.4, -0.2) is 11.5 Å². The summed E-state index contributed by atoms with van der Waals surface area (Å²) in [6.45, 7) is 3.37. The summed E-state index contributed by atoms with van der Waals surface area (Å²) in [6.07, 6.45) is 0.883. The van der Waals surface area contributed by atoms with Crippen LogP contribution >= 0.6 is 11.3 Å². The van der Waals surface area contributed by atoms with Crippen LogP contribution in [0.2, 0.25) is 0 Å². The molecule has 0 amide bonds. The lowest BCUT2D eigenvalue weighted by Crippen LogP contribution is -2.17. The van der Waals surface area contributed by atoms with E-state index in [0.29, 0.717) is 6.54 Å². The highest BCUT2D eigenvalue weighted by Crippen LogP contribution is 2.15. The monoisotopic (exact) mass is 265 g/mol. The van der Waals surface area contributed by atoms with Gasteiger partial charge in [0.05, 0.1) is 10.7 Å². The molecule has 0 aliphatic rings. The first-order chi connectivity index (χ1) is 8.66. The molecule has 0 spiro atoms. The second kappa shape index (κ2) is 5.93. The van der Waals surface area contributed by atoms with Gasteiger partial charge in [-0.25, -0.2) is 9.37 Å². The van der Waals surface area contributed by atoms with E-state index in [4.69, 9.17) is 5.73 Å². The Balaban J connectivity index is 1.80. The van der Waals surface area contributed by atoms with Crippen molar-refractivity contribution in [3.05, 3.63) is 45.7 Å². The van der Waals surface area contributed by atoms with Gasteiger partial charge in [0.2, 0.25) is 0 Å². The lowest BCUT2D eigenvalue weighted by atomic mass is 10.1. The molecule has 0 atom stereocenters. The maximum atomic E-state index is 13.2. The van der Waals surface area contributed by atoms with Gasteiger partial charge < -0.3 is 11.1 Å². The Bertz CT molecular complexity index is 525. The third-order valence-corrected chi connectivity index (χ3v) is 3.67. The number of nitrogens with one attached hydrogen (secondary N) is 1. The lowest BCUT2D eigenvalue weighted by molar-refractivity contribution is 0.625. The molecular weight excluding hydrogens is 249 g/mol. The van der Waals surface area contributed by atoms with E-state index in [0.717, 1.165) is 29.2 Å². The zero-order valence-corrected chi connectivity index (χ0v) is 11.1. The van der Waals surface area contributed by atoms with Gasteiger partial charge in [-0.2, -0.15) is 0 Å². The quantitative estimate of drug-likeness (QED) is 0.645. The number of rotatable bonds is 5. The van der Waals surface area contributed by atoms with Crippen LogP contribution in [0.25, 0.3) is 0 Å². The number of nitrogens with two attached hydrogens (primary N) is 1. The number of anilines is 1. The fraction of sp³-hybridized carbons (Fsp3) is 0.308. The fourth-order valence-corrected chi connectivity index (χ4v) is 2.45. The Morgan fingerprint density at radius 1 is 1.44 bits per heavy atom. The van der Waals surface area contributed by atoms with E-state index in [1.807, 2.05) is 18.4 Å². The first-order valence-electron chi connectivity index (χ1n) is 5.81. The number of hydrogen-bond acceptors (Lipinski definition) is 4. The molecule has 5 heteroatoms. The second-order valence-corrected chi connectivity index (χ2v) is 5.06. The van der Waals surface area contributed by atoms with Crippen molar-refractivity contribution >= 4 is 17.0 Å². The van der Waals surface area contributed by atoms with E-state index in [2.05, 4.69) is 10.3 Å². The summed E-state index contributed by atoms with van der Waals surface area (Å²) in [5.41, 5.74) is 7.74. The average molecular weight is 265 g/mol. The van der Waals surface area contributed by atoms with Crippen molar-refractivity contribution in [2.75, 3.05) is 12.3 Å². The topological polar surface area (TPSA) is 50.9 Å². The van der Waals surface area contributed by atoms with E-state index in [9.17, 15) is 4.39 Å². The van der Waals surface area contributed by atoms with Crippen molar-refractivity contribution in [1.29, 1.82) is 0 Å². The zero-order valence-electron chi connectivity index (χ0n) is 10.2. The summed E-state index contributed by atoms with van der Waals surface area (Å²) in [7, 11) is 0. The number of benzene rings is 1. The van der Waals surface area contributed by atoms with Crippen LogP contribution in [0.3, 0.4) is 0 Å². The van der Waals surface area contributed by atoms with Gasteiger partial charge in [-0.15, -0.1) is 11.3 Å². The van der Waals surface area contributed by atoms with Crippen LogP contribution in [0.15, 0.2) is 23.6 Å². The van der Waals surface area contributed by atoms with E-state index in [1.165, 1.54) is 6.07 Å². The smallest absolute Gasteiger partial charge is 0.146 e. The average Bonchev–Trinajstić information content (AvgIpc) is 2.76. The molecule has 96 valence electrons. The Morgan fingerprint density at radius 3 is 3.00 bits per heavy atom. The van der Waals surface area contributed by atoms with Gasteiger partial charge in [-0.3, -0.25) is 0 Å². The normalized spacial score (nSPS) is 10.8. The van der Waals surface area contributed by atoms with Crippen molar-refractivity contribution in [2.45, 2.75) is 19.9 Å². The predicted molar refractivity (Wildman–Crippen MR) is 73.1 cm³/mol. The lowest BCUT2D eigenvalue weighted by Gasteiger charge is -2.07. The van der Waals surface area contributed by atoms with Gasteiger partial charge in [-0.1, -0.05) is 12.1 Å². The molecule has 0 bridgehead atoms. The van der Waals surface area contributed by atoms with Crippen molar-refractivity contribution in [3.63, 3.8) is 0 Å². The van der Waals surface area contributed by atoms with Crippen molar-refractivity contribution < 1.29 is 4.39 Å². The third kappa shape index (κ3) is 3.27. The predicted octanol–water partition coefficient (Wildman–Crippen LogP) is 2.51. The van der Waals surface area contributed by atoms with Gasteiger partial charge in [0, 0.05) is 30.6 Å². The van der Waals surface area contributed by atoms with Crippen LogP contribution in [-0.2, 0) is 13.0 Å². The molecular formula is C13H16FN3S. The molecule has 0 aliphatic heterocycles. The summed E-state index contributed by atoms with van der Waals surface area (Å²) >= 11 is 1.67. The minimum absolute atomic E-state index is 0.232. The number of nitrogens with zero attached hydrogens (tertiary/aromatic N) is 1. The molecule has 2 aromatic rings. The van der Waals surface area contributed by atoms with Crippen LogP contribution in [0.1, 0.15) is 16.3 Å². The SMILES string of the molecule is Cc1csc(CCNCc2cccc(F)c2N)n1. The molecule has 0 fully saturated rings. The van der Waals surface area contributed by atoms with E-state index < -0.39 is 0 Å².